The number of nitrogens with zero attached hydrogens (tertiary/aromatic N) is 2. The highest BCUT2D eigenvalue weighted by Gasteiger charge is 2.37. The summed E-state index contributed by atoms with van der Waals surface area (Å²) in [4.78, 5) is 37.0. The van der Waals surface area contributed by atoms with Gasteiger partial charge in [-0.05, 0) is 24.0 Å². The van der Waals surface area contributed by atoms with Gasteiger partial charge in [-0.2, -0.15) is 4.31 Å². The van der Waals surface area contributed by atoms with Crippen LogP contribution in [0.5, 0.6) is 0 Å². The average Bonchev–Trinajstić information content (AvgIpc) is 3.13. The van der Waals surface area contributed by atoms with Crippen molar-refractivity contribution < 1.29 is 33.0 Å². The number of aromatic carboxylic acids is 2. The number of benzene rings is 1. The Morgan fingerprint density at radius 3 is 2.16 bits per heavy atom. The second-order valence-corrected chi connectivity index (χ2v) is 10.8. The van der Waals surface area contributed by atoms with Gasteiger partial charge in [-0.3, -0.25) is 4.79 Å². The van der Waals surface area contributed by atoms with Gasteiger partial charge in [0.15, 0.2) is 4.21 Å². The number of thiophene rings is 1. The third-order valence-electron chi connectivity index (χ3n) is 5.54. The Morgan fingerprint density at radius 1 is 1.03 bits per heavy atom. The van der Waals surface area contributed by atoms with Crippen molar-refractivity contribution >= 4 is 39.2 Å². The van der Waals surface area contributed by atoms with Crippen LogP contribution in [0.1, 0.15) is 50.4 Å². The molecule has 1 aromatic heterocycles. The Morgan fingerprint density at radius 2 is 1.62 bits per heavy atom. The molecule has 172 valence electrons. The summed E-state index contributed by atoms with van der Waals surface area (Å²) >= 11 is 0.446. The summed E-state index contributed by atoms with van der Waals surface area (Å²) in [6.45, 7) is 3.61. The molecule has 1 aromatic carbocycles. The molecule has 2 aromatic rings. The fourth-order valence-corrected chi connectivity index (χ4v) is 6.94. The first-order valence-electron chi connectivity index (χ1n) is 9.96. The fourth-order valence-electron chi connectivity index (χ4n) is 3.71. The van der Waals surface area contributed by atoms with Gasteiger partial charge >= 0.3 is 11.9 Å². The van der Waals surface area contributed by atoms with Crippen LogP contribution < -0.4 is 0 Å². The van der Waals surface area contributed by atoms with Crippen molar-refractivity contribution in [1.29, 1.82) is 0 Å². The highest BCUT2D eigenvalue weighted by Crippen LogP contribution is 2.34. The van der Waals surface area contributed by atoms with E-state index in [9.17, 15) is 33.0 Å². The van der Waals surface area contributed by atoms with Crippen LogP contribution in [-0.2, 0) is 14.8 Å². The quantitative estimate of drug-likeness (QED) is 0.622. The van der Waals surface area contributed by atoms with Crippen LogP contribution in [0.3, 0.4) is 0 Å². The summed E-state index contributed by atoms with van der Waals surface area (Å²) in [5, 5.41) is 18.8. The molecule has 0 spiro atoms. The van der Waals surface area contributed by atoms with E-state index in [1.165, 1.54) is 6.92 Å². The molecule has 2 heterocycles. The molecule has 1 saturated heterocycles. The van der Waals surface area contributed by atoms with Gasteiger partial charge in [-0.25, -0.2) is 18.0 Å². The minimum absolute atomic E-state index is 0.00615. The predicted octanol–water partition coefficient (Wildman–Crippen LogP) is 2.48. The van der Waals surface area contributed by atoms with Crippen LogP contribution in [0, 0.1) is 6.92 Å². The number of carboxylic acid groups (broad SMARTS) is 2. The molecule has 2 N–H and O–H groups in total. The Bertz CT molecular complexity index is 1130. The van der Waals surface area contributed by atoms with E-state index in [1.807, 2.05) is 37.3 Å². The molecule has 9 nitrogen and oxygen atoms in total. The number of hydrogen-bond acceptors (Lipinski definition) is 6. The predicted molar refractivity (Wildman–Crippen MR) is 118 cm³/mol. The zero-order valence-corrected chi connectivity index (χ0v) is 19.3. The maximum absolute atomic E-state index is 13.1. The lowest BCUT2D eigenvalue weighted by molar-refractivity contribution is -0.132. The molecule has 11 heteroatoms. The molecule has 1 amide bonds. The molecule has 1 atom stereocenters. The molecule has 0 aliphatic carbocycles. The average molecular weight is 481 g/mol. The molecule has 1 aliphatic heterocycles. The second-order valence-electron chi connectivity index (χ2n) is 7.63. The zero-order valence-electron chi connectivity index (χ0n) is 17.6. The van der Waals surface area contributed by atoms with Crippen molar-refractivity contribution in [3.8, 4) is 0 Å². The van der Waals surface area contributed by atoms with Gasteiger partial charge in [0.1, 0.15) is 4.88 Å². The van der Waals surface area contributed by atoms with Crippen molar-refractivity contribution in [2.45, 2.75) is 30.4 Å². The zero-order chi connectivity index (χ0) is 23.6. The van der Waals surface area contributed by atoms with E-state index in [-0.39, 0.29) is 48.4 Å². The van der Waals surface area contributed by atoms with Crippen molar-refractivity contribution in [2.75, 3.05) is 26.2 Å². The number of carbonyl (C=O) groups is 3. The number of sulfonamides is 1. The summed E-state index contributed by atoms with van der Waals surface area (Å²) < 4.78 is 26.9. The Labute approximate surface area is 189 Å². The third kappa shape index (κ3) is 4.69. The molecule has 32 heavy (non-hydrogen) atoms. The lowest BCUT2D eigenvalue weighted by Crippen LogP contribution is -2.50. The molecular weight excluding hydrogens is 456 g/mol. The summed E-state index contributed by atoms with van der Waals surface area (Å²) in [6.07, 6.45) is 0.298. The second kappa shape index (κ2) is 9.39. The minimum atomic E-state index is -4.22. The standard InChI is InChI=1S/C21H24N2O7S2/c1-13(15-6-4-3-5-7-15)12-16(24)22-8-10-23(11-9-22)32(29,30)21-17(19(25)26)14(2)18(31-21)20(27)28/h3-7,13H,8-12H2,1-2H3,(H,25,26)(H,27,28)/t13-/m1/s1. The Hall–Kier alpha value is -2.76. The first-order valence-corrected chi connectivity index (χ1v) is 12.2. The summed E-state index contributed by atoms with van der Waals surface area (Å²) in [5.74, 6) is -2.93. The van der Waals surface area contributed by atoms with E-state index in [0.717, 1.165) is 9.87 Å². The molecule has 0 saturated carbocycles. The number of hydrogen-bond donors (Lipinski definition) is 2. The summed E-state index contributed by atoms with van der Waals surface area (Å²) in [5.41, 5.74) is 0.449. The highest BCUT2D eigenvalue weighted by atomic mass is 32.2. The number of piperazine rings is 1. The summed E-state index contributed by atoms with van der Waals surface area (Å²) in [7, 11) is -4.22. The Kier molecular flexibility index (Phi) is 7.01. The SMILES string of the molecule is Cc1c(C(=O)O)sc(S(=O)(=O)N2CCN(C(=O)C[C@@H](C)c3ccccc3)CC2)c1C(=O)O. The van der Waals surface area contributed by atoms with Crippen molar-refractivity contribution in [3.05, 3.63) is 51.9 Å². The number of rotatable bonds is 7. The molecular formula is C21H24N2O7S2. The van der Waals surface area contributed by atoms with Gasteiger partial charge < -0.3 is 15.1 Å². The molecule has 0 unspecified atom stereocenters. The van der Waals surface area contributed by atoms with Gasteiger partial charge in [0.2, 0.25) is 5.91 Å². The first kappa shape index (κ1) is 23.9. The largest absolute Gasteiger partial charge is 0.478 e. The van der Waals surface area contributed by atoms with E-state index in [1.54, 1.807) is 4.90 Å². The maximum Gasteiger partial charge on any atom is 0.346 e. The van der Waals surface area contributed by atoms with Crippen LogP contribution in [0.15, 0.2) is 34.5 Å². The van der Waals surface area contributed by atoms with Crippen molar-refractivity contribution in [2.24, 2.45) is 0 Å². The first-order chi connectivity index (χ1) is 15.0. The molecule has 1 aliphatic rings. The number of carboxylic acids is 2. The molecule has 0 bridgehead atoms. The number of carbonyl (C=O) groups excluding carboxylic acids is 1. The fraction of sp³-hybridized carbons (Fsp3) is 0.381. The maximum atomic E-state index is 13.1. The molecule has 3 rings (SSSR count). The van der Waals surface area contributed by atoms with Gasteiger partial charge in [0.05, 0.1) is 5.56 Å². The van der Waals surface area contributed by atoms with Crippen LogP contribution in [-0.4, -0.2) is 71.9 Å². The van der Waals surface area contributed by atoms with Gasteiger partial charge in [-0.1, -0.05) is 37.3 Å². The van der Waals surface area contributed by atoms with Gasteiger partial charge in [0, 0.05) is 32.6 Å². The highest BCUT2D eigenvalue weighted by molar-refractivity contribution is 7.91. The van der Waals surface area contributed by atoms with E-state index in [4.69, 9.17) is 0 Å². The van der Waals surface area contributed by atoms with E-state index >= 15 is 0 Å². The molecule has 1 fully saturated rings. The van der Waals surface area contributed by atoms with Gasteiger partial charge in [-0.15, -0.1) is 11.3 Å². The van der Waals surface area contributed by atoms with Crippen LogP contribution in [0.25, 0.3) is 0 Å². The smallest absolute Gasteiger partial charge is 0.346 e. The van der Waals surface area contributed by atoms with Crippen LogP contribution in [0.4, 0.5) is 0 Å². The van der Waals surface area contributed by atoms with Crippen LogP contribution in [0.2, 0.25) is 0 Å². The van der Waals surface area contributed by atoms with Gasteiger partial charge in [0.25, 0.3) is 10.0 Å². The van der Waals surface area contributed by atoms with Crippen molar-refractivity contribution in [3.63, 3.8) is 0 Å². The number of amides is 1. The van der Waals surface area contributed by atoms with E-state index in [2.05, 4.69) is 0 Å². The van der Waals surface area contributed by atoms with E-state index in [0.29, 0.717) is 17.8 Å². The summed E-state index contributed by atoms with van der Waals surface area (Å²) in [6, 6.07) is 9.64. The monoisotopic (exact) mass is 480 g/mol. The Balaban J connectivity index is 1.72. The third-order valence-corrected chi connectivity index (χ3v) is 9.21. The van der Waals surface area contributed by atoms with Crippen LogP contribution >= 0.6 is 11.3 Å². The molecule has 0 radical (unpaired) electrons. The minimum Gasteiger partial charge on any atom is -0.478 e. The normalized spacial score (nSPS) is 16.0. The topological polar surface area (TPSA) is 132 Å². The van der Waals surface area contributed by atoms with Crippen molar-refractivity contribution in [1.82, 2.24) is 9.21 Å². The van der Waals surface area contributed by atoms with E-state index < -0.39 is 31.7 Å². The lowest BCUT2D eigenvalue weighted by atomic mass is 9.97. The lowest BCUT2D eigenvalue weighted by Gasteiger charge is -2.34.